The molecule has 1 aliphatic rings. The van der Waals surface area contributed by atoms with Gasteiger partial charge < -0.3 is 9.15 Å². The molecule has 2 aromatic carbocycles. The van der Waals surface area contributed by atoms with E-state index in [4.69, 9.17) is 9.15 Å². The Morgan fingerprint density at radius 1 is 1.06 bits per heavy atom. The van der Waals surface area contributed by atoms with Crippen molar-refractivity contribution < 1.29 is 13.9 Å². The van der Waals surface area contributed by atoms with E-state index in [9.17, 15) is 9.59 Å². The van der Waals surface area contributed by atoms with Crippen LogP contribution in [0.3, 0.4) is 0 Å². The molecule has 8 heteroatoms. The fraction of sp³-hybridized carbons (Fsp3) is 0.0435. The summed E-state index contributed by atoms with van der Waals surface area (Å²) in [5, 5.41) is 5.37. The van der Waals surface area contributed by atoms with Crippen molar-refractivity contribution in [1.29, 1.82) is 0 Å². The van der Waals surface area contributed by atoms with Gasteiger partial charge in [-0.3, -0.25) is 0 Å². The maximum absolute atomic E-state index is 12.8. The summed E-state index contributed by atoms with van der Waals surface area (Å²) in [6.07, 6.45) is 3.30. The van der Waals surface area contributed by atoms with Gasteiger partial charge >= 0.3 is 11.6 Å². The molecule has 1 aliphatic heterocycles. The molecule has 0 fully saturated rings. The number of hydrogen-bond acceptors (Lipinski definition) is 6. The smallest absolute Gasteiger partial charge is 0.363 e. The van der Waals surface area contributed by atoms with Crippen LogP contribution in [0.4, 0.5) is 0 Å². The van der Waals surface area contributed by atoms with E-state index in [1.807, 2.05) is 36.4 Å². The van der Waals surface area contributed by atoms with Crippen LogP contribution in [0, 0.1) is 0 Å². The number of carbonyl (C=O) groups excluding carboxylic acids is 1. The second-order valence-electron chi connectivity index (χ2n) is 6.89. The number of cyclic esters (lactones) is 1. The largest absolute Gasteiger partial charge is 0.422 e. The Morgan fingerprint density at radius 2 is 1.87 bits per heavy atom. The first-order chi connectivity index (χ1) is 15.0. The number of para-hydroxylation sites is 1. The Balaban J connectivity index is 1.74. The molecule has 3 heterocycles. The van der Waals surface area contributed by atoms with Crippen molar-refractivity contribution in [3.63, 3.8) is 0 Å². The summed E-state index contributed by atoms with van der Waals surface area (Å²) in [6.45, 7) is 1.60. The number of esters is 1. The molecule has 0 spiro atoms. The number of aromatic nitrogens is 2. The van der Waals surface area contributed by atoms with Crippen LogP contribution in [-0.4, -0.2) is 21.6 Å². The summed E-state index contributed by atoms with van der Waals surface area (Å²) in [7, 11) is 0. The highest BCUT2D eigenvalue weighted by atomic mass is 79.9. The van der Waals surface area contributed by atoms with Crippen LogP contribution >= 0.6 is 15.9 Å². The molecule has 0 atom stereocenters. The fourth-order valence-corrected chi connectivity index (χ4v) is 3.72. The summed E-state index contributed by atoms with van der Waals surface area (Å²) in [4.78, 5) is 29.0. The monoisotopic (exact) mass is 475 g/mol. The molecule has 31 heavy (non-hydrogen) atoms. The summed E-state index contributed by atoms with van der Waals surface area (Å²) in [5.41, 5.74) is 2.07. The number of halogens is 1. The standard InChI is InChI=1S/C23H14BrN3O4/c1-13-25-19(23(29)30-13)11-15-12-27(17-5-3-2-4-6-17)26-21(15)18-10-14-9-16(24)7-8-20(14)31-22(18)28/h2-12H,1H3/b19-11-. The van der Waals surface area contributed by atoms with Gasteiger partial charge in [-0.15, -0.1) is 0 Å². The first-order valence-electron chi connectivity index (χ1n) is 9.36. The molecule has 4 aromatic rings. The lowest BCUT2D eigenvalue weighted by atomic mass is 10.1. The highest BCUT2D eigenvalue weighted by Gasteiger charge is 2.23. The molecule has 7 nitrogen and oxygen atoms in total. The second kappa shape index (κ2) is 7.48. The minimum Gasteiger partial charge on any atom is -0.422 e. The number of benzene rings is 2. The topological polar surface area (TPSA) is 86.7 Å². The number of fused-ring (bicyclic) bond motifs is 1. The van der Waals surface area contributed by atoms with Crippen LogP contribution in [-0.2, 0) is 9.53 Å². The number of aliphatic imine (C=N–C) groups is 1. The normalized spacial score (nSPS) is 14.8. The summed E-state index contributed by atoms with van der Waals surface area (Å²) in [5.74, 6) is -0.284. The van der Waals surface area contributed by atoms with E-state index in [2.05, 4.69) is 26.0 Å². The minimum absolute atomic E-state index is 0.138. The predicted octanol–water partition coefficient (Wildman–Crippen LogP) is 4.72. The van der Waals surface area contributed by atoms with Crippen molar-refractivity contribution in [2.24, 2.45) is 4.99 Å². The molecular formula is C23H14BrN3O4. The fourth-order valence-electron chi connectivity index (χ4n) is 3.34. The SMILES string of the molecule is CC1=N/C(=C\c2cn(-c3ccccc3)nc2-c2cc3cc(Br)ccc3oc2=O)C(=O)O1. The van der Waals surface area contributed by atoms with E-state index < -0.39 is 11.6 Å². The molecule has 152 valence electrons. The van der Waals surface area contributed by atoms with Crippen LogP contribution in [0.25, 0.3) is 34.0 Å². The van der Waals surface area contributed by atoms with E-state index in [0.29, 0.717) is 16.8 Å². The average molecular weight is 476 g/mol. The zero-order chi connectivity index (χ0) is 21.5. The van der Waals surface area contributed by atoms with E-state index in [0.717, 1.165) is 15.5 Å². The minimum atomic E-state index is -0.551. The molecule has 0 unspecified atom stereocenters. The van der Waals surface area contributed by atoms with Gasteiger partial charge in [-0.05, 0) is 42.5 Å². The molecule has 0 aliphatic carbocycles. The van der Waals surface area contributed by atoms with Crippen LogP contribution in [0.15, 0.2) is 85.2 Å². The molecule has 5 rings (SSSR count). The lowest BCUT2D eigenvalue weighted by Crippen LogP contribution is -2.05. The van der Waals surface area contributed by atoms with E-state index in [1.54, 1.807) is 42.1 Å². The molecule has 2 aromatic heterocycles. The third kappa shape index (κ3) is 3.62. The Kier molecular flexibility index (Phi) is 4.63. The zero-order valence-corrected chi connectivity index (χ0v) is 17.8. The van der Waals surface area contributed by atoms with Crippen molar-refractivity contribution in [1.82, 2.24) is 9.78 Å². The van der Waals surface area contributed by atoms with Gasteiger partial charge in [0, 0.05) is 28.5 Å². The lowest BCUT2D eigenvalue weighted by Gasteiger charge is -2.02. The van der Waals surface area contributed by atoms with Gasteiger partial charge in [0.25, 0.3) is 0 Å². The molecule has 0 amide bonds. The van der Waals surface area contributed by atoms with Crippen molar-refractivity contribution in [2.45, 2.75) is 6.92 Å². The van der Waals surface area contributed by atoms with Gasteiger partial charge in [-0.1, -0.05) is 34.1 Å². The van der Waals surface area contributed by atoms with Crippen molar-refractivity contribution in [2.75, 3.05) is 0 Å². The van der Waals surface area contributed by atoms with Gasteiger partial charge in [0.1, 0.15) is 11.3 Å². The van der Waals surface area contributed by atoms with E-state index in [1.165, 1.54) is 0 Å². The van der Waals surface area contributed by atoms with Gasteiger partial charge in [-0.25, -0.2) is 19.3 Å². The molecule has 0 bridgehead atoms. The van der Waals surface area contributed by atoms with Crippen molar-refractivity contribution >= 4 is 44.8 Å². The third-order valence-electron chi connectivity index (χ3n) is 4.73. The average Bonchev–Trinajstić information content (AvgIpc) is 3.31. The lowest BCUT2D eigenvalue weighted by molar-refractivity contribution is -0.130. The van der Waals surface area contributed by atoms with E-state index in [-0.39, 0.29) is 17.2 Å². The van der Waals surface area contributed by atoms with Crippen LogP contribution < -0.4 is 5.63 Å². The Bertz CT molecular complexity index is 1470. The Labute approximate surface area is 184 Å². The highest BCUT2D eigenvalue weighted by molar-refractivity contribution is 9.10. The first kappa shape index (κ1) is 19.2. The molecule has 0 saturated carbocycles. The van der Waals surface area contributed by atoms with Crippen LogP contribution in [0.1, 0.15) is 12.5 Å². The number of carbonyl (C=O) groups is 1. The third-order valence-corrected chi connectivity index (χ3v) is 5.23. The van der Waals surface area contributed by atoms with Crippen molar-refractivity contribution in [3.05, 3.63) is 86.9 Å². The predicted molar refractivity (Wildman–Crippen MR) is 120 cm³/mol. The summed E-state index contributed by atoms with van der Waals surface area (Å²) < 4.78 is 13.0. The summed E-state index contributed by atoms with van der Waals surface area (Å²) >= 11 is 3.44. The maximum atomic E-state index is 12.8. The molecule has 0 saturated heterocycles. The quantitative estimate of drug-likeness (QED) is 0.243. The summed E-state index contributed by atoms with van der Waals surface area (Å²) in [6, 6.07) is 16.6. The second-order valence-corrected chi connectivity index (χ2v) is 7.81. The Morgan fingerprint density at radius 3 is 2.61 bits per heavy atom. The number of ether oxygens (including phenoxy) is 1. The van der Waals surface area contributed by atoms with Gasteiger partial charge in [0.05, 0.1) is 11.3 Å². The van der Waals surface area contributed by atoms with Gasteiger partial charge in [0.15, 0.2) is 11.6 Å². The zero-order valence-electron chi connectivity index (χ0n) is 16.2. The van der Waals surface area contributed by atoms with Gasteiger partial charge in [0.2, 0.25) is 0 Å². The van der Waals surface area contributed by atoms with Crippen LogP contribution in [0.2, 0.25) is 0 Å². The Hall–Kier alpha value is -3.78. The van der Waals surface area contributed by atoms with Crippen molar-refractivity contribution in [3.8, 4) is 16.9 Å². The maximum Gasteiger partial charge on any atom is 0.363 e. The number of hydrogen-bond donors (Lipinski definition) is 0. The molecular weight excluding hydrogens is 462 g/mol. The van der Waals surface area contributed by atoms with Gasteiger partial charge in [-0.2, -0.15) is 5.10 Å². The molecule has 0 N–H and O–H groups in total. The van der Waals surface area contributed by atoms with E-state index >= 15 is 0 Å². The molecule has 0 radical (unpaired) electrons. The van der Waals surface area contributed by atoms with Crippen LogP contribution in [0.5, 0.6) is 0 Å². The number of rotatable bonds is 3. The number of nitrogens with zero attached hydrogens (tertiary/aromatic N) is 3. The first-order valence-corrected chi connectivity index (χ1v) is 10.2. The highest BCUT2D eigenvalue weighted by Crippen LogP contribution is 2.28.